The van der Waals surface area contributed by atoms with Crippen LogP contribution in [-0.4, -0.2) is 53.3 Å². The van der Waals surface area contributed by atoms with Crippen LogP contribution in [0.2, 0.25) is 0 Å². The summed E-state index contributed by atoms with van der Waals surface area (Å²) in [6, 6.07) is 16.0. The highest BCUT2D eigenvalue weighted by Crippen LogP contribution is 2.19. The molecular weight excluding hydrogens is 438 g/mol. The van der Waals surface area contributed by atoms with Crippen molar-refractivity contribution in [2.24, 2.45) is 0 Å². The van der Waals surface area contributed by atoms with Crippen molar-refractivity contribution in [3.05, 3.63) is 65.9 Å². The molecule has 6 nitrogen and oxygen atoms in total. The summed E-state index contributed by atoms with van der Waals surface area (Å²) < 4.78 is 5.28. The number of amides is 2. The molecule has 3 rings (SSSR count). The Kier molecular flexibility index (Phi) is 10.2. The molecule has 0 saturated heterocycles. The van der Waals surface area contributed by atoms with Crippen molar-refractivity contribution in [1.82, 2.24) is 14.8 Å². The van der Waals surface area contributed by atoms with Crippen LogP contribution < -0.4 is 4.74 Å². The molecule has 2 aromatic carbocycles. The topological polar surface area (TPSA) is 65.6 Å². The van der Waals surface area contributed by atoms with E-state index in [0.29, 0.717) is 26.1 Å². The number of carbonyl (C=O) groups is 2. The van der Waals surface area contributed by atoms with E-state index in [1.807, 2.05) is 54.4 Å². The predicted molar refractivity (Wildman–Crippen MR) is 141 cm³/mol. The Morgan fingerprint density at radius 2 is 1.66 bits per heavy atom. The van der Waals surface area contributed by atoms with E-state index in [4.69, 9.17) is 4.74 Å². The van der Waals surface area contributed by atoms with Gasteiger partial charge in [0.1, 0.15) is 5.75 Å². The fraction of sp³-hybridized carbons (Fsp3) is 0.448. The second kappa shape index (κ2) is 13.6. The van der Waals surface area contributed by atoms with Crippen LogP contribution in [0.5, 0.6) is 5.75 Å². The first-order valence-corrected chi connectivity index (χ1v) is 12.8. The van der Waals surface area contributed by atoms with Gasteiger partial charge in [0.25, 0.3) is 0 Å². The van der Waals surface area contributed by atoms with Crippen molar-refractivity contribution < 1.29 is 14.3 Å². The summed E-state index contributed by atoms with van der Waals surface area (Å²) in [6.07, 6.45) is 7.10. The number of methoxy groups -OCH3 is 1. The molecule has 0 aliphatic heterocycles. The average Bonchev–Trinajstić information content (AvgIpc) is 3.29. The van der Waals surface area contributed by atoms with E-state index in [1.165, 1.54) is 10.9 Å². The van der Waals surface area contributed by atoms with Gasteiger partial charge in [-0.1, -0.05) is 57.0 Å². The molecule has 0 radical (unpaired) electrons. The van der Waals surface area contributed by atoms with Gasteiger partial charge in [-0.05, 0) is 48.6 Å². The number of hydrogen-bond donors (Lipinski definition) is 1. The quantitative estimate of drug-likeness (QED) is 0.309. The highest BCUT2D eigenvalue weighted by molar-refractivity contribution is 5.85. The summed E-state index contributed by atoms with van der Waals surface area (Å²) in [4.78, 5) is 33.3. The fourth-order valence-electron chi connectivity index (χ4n) is 4.35. The Balaban J connectivity index is 1.74. The molecule has 6 heteroatoms. The van der Waals surface area contributed by atoms with Gasteiger partial charge in [0.15, 0.2) is 0 Å². The molecule has 0 unspecified atom stereocenters. The number of fused-ring (bicyclic) bond motifs is 1. The number of unbranched alkanes of at least 4 members (excludes halogenated alkanes) is 2. The number of rotatable bonds is 14. The largest absolute Gasteiger partial charge is 0.497 e. The number of ether oxygens (including phenoxy) is 1. The maximum Gasteiger partial charge on any atom is 0.242 e. The van der Waals surface area contributed by atoms with Crippen molar-refractivity contribution in [3.8, 4) is 5.75 Å². The second-order valence-corrected chi connectivity index (χ2v) is 9.05. The molecule has 0 spiro atoms. The van der Waals surface area contributed by atoms with Gasteiger partial charge in [-0.2, -0.15) is 0 Å². The minimum absolute atomic E-state index is 0.0158. The van der Waals surface area contributed by atoms with Crippen LogP contribution in [0.1, 0.15) is 57.1 Å². The number of H-pyrrole nitrogens is 1. The number of carbonyl (C=O) groups excluding carboxylic acids is 2. The lowest BCUT2D eigenvalue weighted by atomic mass is 10.1. The number of hydrogen-bond acceptors (Lipinski definition) is 3. The first kappa shape index (κ1) is 26.3. The lowest BCUT2D eigenvalue weighted by molar-refractivity contribution is -0.141. The third-order valence-electron chi connectivity index (χ3n) is 6.38. The van der Waals surface area contributed by atoms with Crippen molar-refractivity contribution in [1.29, 1.82) is 0 Å². The van der Waals surface area contributed by atoms with Crippen molar-refractivity contribution in [2.75, 3.05) is 26.7 Å². The molecule has 1 heterocycles. The lowest BCUT2D eigenvalue weighted by Crippen LogP contribution is -2.43. The Bertz CT molecular complexity index is 1070. The number of aromatic nitrogens is 1. The molecule has 1 aromatic heterocycles. The van der Waals surface area contributed by atoms with Gasteiger partial charge in [-0.15, -0.1) is 0 Å². The van der Waals surface area contributed by atoms with E-state index in [1.54, 1.807) is 12.0 Å². The van der Waals surface area contributed by atoms with Crippen LogP contribution in [0.4, 0.5) is 0 Å². The third-order valence-corrected chi connectivity index (χ3v) is 6.38. The molecule has 0 atom stereocenters. The van der Waals surface area contributed by atoms with E-state index in [9.17, 15) is 9.59 Å². The van der Waals surface area contributed by atoms with Crippen LogP contribution in [0.3, 0.4) is 0 Å². The smallest absolute Gasteiger partial charge is 0.242 e. The molecule has 0 bridgehead atoms. The molecule has 0 aliphatic carbocycles. The van der Waals surface area contributed by atoms with Gasteiger partial charge < -0.3 is 19.5 Å². The molecular formula is C29H39N3O3. The van der Waals surface area contributed by atoms with Crippen LogP contribution in [-0.2, 0) is 22.6 Å². The van der Waals surface area contributed by atoms with E-state index < -0.39 is 0 Å². The van der Waals surface area contributed by atoms with E-state index in [2.05, 4.69) is 24.0 Å². The highest BCUT2D eigenvalue weighted by atomic mass is 16.5. The van der Waals surface area contributed by atoms with E-state index in [-0.39, 0.29) is 18.4 Å². The zero-order valence-corrected chi connectivity index (χ0v) is 21.4. The number of nitrogens with zero attached hydrogens (tertiary/aromatic N) is 2. The molecule has 0 fully saturated rings. The van der Waals surface area contributed by atoms with Gasteiger partial charge in [0, 0.05) is 43.2 Å². The molecule has 3 aromatic rings. The van der Waals surface area contributed by atoms with Crippen LogP contribution >= 0.6 is 0 Å². The fourth-order valence-corrected chi connectivity index (χ4v) is 4.35. The van der Waals surface area contributed by atoms with Crippen molar-refractivity contribution in [3.63, 3.8) is 0 Å². The number of benzene rings is 2. The Hall–Kier alpha value is -3.28. The van der Waals surface area contributed by atoms with E-state index >= 15 is 0 Å². The second-order valence-electron chi connectivity index (χ2n) is 9.05. The summed E-state index contributed by atoms with van der Waals surface area (Å²) in [5.41, 5.74) is 3.32. The van der Waals surface area contributed by atoms with E-state index in [0.717, 1.165) is 48.9 Å². The first-order chi connectivity index (χ1) is 17.0. The molecule has 0 saturated carbocycles. The summed E-state index contributed by atoms with van der Waals surface area (Å²) in [5.74, 6) is 0.852. The van der Waals surface area contributed by atoms with Gasteiger partial charge in [-0.3, -0.25) is 9.59 Å². The molecule has 35 heavy (non-hydrogen) atoms. The van der Waals surface area contributed by atoms with Crippen LogP contribution in [0.25, 0.3) is 10.9 Å². The van der Waals surface area contributed by atoms with Gasteiger partial charge in [0.2, 0.25) is 11.8 Å². The van der Waals surface area contributed by atoms with Gasteiger partial charge in [-0.25, -0.2) is 0 Å². The molecule has 188 valence electrons. The SMILES string of the molecule is CCCCCC(=O)N(CCC)CC(=O)N(CCc1c[nH]c2ccccc12)Cc1ccc(OC)cc1. The Morgan fingerprint density at radius 3 is 2.37 bits per heavy atom. The highest BCUT2D eigenvalue weighted by Gasteiger charge is 2.21. The normalized spacial score (nSPS) is 10.9. The van der Waals surface area contributed by atoms with Gasteiger partial charge >= 0.3 is 0 Å². The zero-order valence-electron chi connectivity index (χ0n) is 21.4. The molecule has 1 N–H and O–H groups in total. The van der Waals surface area contributed by atoms with Crippen LogP contribution in [0, 0.1) is 0 Å². The third kappa shape index (κ3) is 7.61. The number of nitrogens with one attached hydrogen (secondary N) is 1. The summed E-state index contributed by atoms with van der Waals surface area (Å²) in [5, 5.41) is 1.18. The maximum atomic E-state index is 13.5. The Labute approximate surface area is 209 Å². The first-order valence-electron chi connectivity index (χ1n) is 12.8. The summed E-state index contributed by atoms with van der Waals surface area (Å²) in [6.45, 7) is 5.98. The zero-order chi connectivity index (χ0) is 25.0. The predicted octanol–water partition coefficient (Wildman–Crippen LogP) is 5.57. The molecule has 2 amide bonds. The number of aromatic amines is 1. The maximum absolute atomic E-state index is 13.5. The monoisotopic (exact) mass is 477 g/mol. The summed E-state index contributed by atoms with van der Waals surface area (Å²) in [7, 11) is 1.64. The van der Waals surface area contributed by atoms with Crippen molar-refractivity contribution in [2.45, 2.75) is 58.9 Å². The number of para-hydroxylation sites is 1. The Morgan fingerprint density at radius 1 is 0.886 bits per heavy atom. The lowest BCUT2D eigenvalue weighted by Gasteiger charge is -2.28. The minimum Gasteiger partial charge on any atom is -0.497 e. The van der Waals surface area contributed by atoms with Crippen LogP contribution in [0.15, 0.2) is 54.7 Å². The van der Waals surface area contributed by atoms with Crippen molar-refractivity contribution >= 4 is 22.7 Å². The molecule has 0 aliphatic rings. The average molecular weight is 478 g/mol. The minimum atomic E-state index is -0.0158. The standard InChI is InChI=1S/C29H39N3O3/c1-4-6-7-12-28(33)31(18-5-2)22-29(34)32(21-23-13-15-25(35-3)16-14-23)19-17-24-20-30-27-11-9-8-10-26(24)27/h8-11,13-16,20,30H,4-7,12,17-19,21-22H2,1-3H3. The summed E-state index contributed by atoms with van der Waals surface area (Å²) >= 11 is 0. The van der Waals surface area contributed by atoms with Gasteiger partial charge in [0.05, 0.1) is 13.7 Å².